The lowest BCUT2D eigenvalue weighted by molar-refractivity contribution is -0.131. The van der Waals surface area contributed by atoms with Crippen molar-refractivity contribution in [3.8, 4) is 0 Å². The van der Waals surface area contributed by atoms with Gasteiger partial charge in [-0.2, -0.15) is 0 Å². The van der Waals surface area contributed by atoms with E-state index >= 15 is 0 Å². The van der Waals surface area contributed by atoms with Gasteiger partial charge in [0.1, 0.15) is 6.33 Å². The molecular formula is C14H12N4O3. The molecule has 2 aromatic heterocycles. The van der Waals surface area contributed by atoms with Crippen molar-refractivity contribution in [2.75, 3.05) is 0 Å². The van der Waals surface area contributed by atoms with E-state index in [9.17, 15) is 9.59 Å². The van der Waals surface area contributed by atoms with Crippen LogP contribution in [0.4, 0.5) is 0 Å². The van der Waals surface area contributed by atoms with Gasteiger partial charge in [0.15, 0.2) is 0 Å². The molecule has 0 spiro atoms. The second kappa shape index (κ2) is 6.90. The molecule has 0 bridgehead atoms. The van der Waals surface area contributed by atoms with Crippen LogP contribution < -0.4 is 5.32 Å². The van der Waals surface area contributed by atoms with Crippen molar-refractivity contribution in [2.45, 2.75) is 6.54 Å². The Kier molecular flexibility index (Phi) is 4.70. The Bertz CT molecular complexity index is 671. The Balaban J connectivity index is 2.10. The van der Waals surface area contributed by atoms with Crippen LogP contribution in [-0.2, 0) is 11.3 Å². The first-order valence-electron chi connectivity index (χ1n) is 6.05. The Morgan fingerprint density at radius 2 is 2.05 bits per heavy atom. The number of carbonyl (C=O) groups excluding carboxylic acids is 1. The summed E-state index contributed by atoms with van der Waals surface area (Å²) in [4.78, 5) is 34.3. The lowest BCUT2D eigenvalue weighted by Gasteiger charge is -2.06. The van der Waals surface area contributed by atoms with Gasteiger partial charge in [-0.1, -0.05) is 0 Å². The first-order chi connectivity index (χ1) is 10.2. The summed E-state index contributed by atoms with van der Waals surface area (Å²) in [5.41, 5.74) is 1.45. The Labute approximate surface area is 120 Å². The highest BCUT2D eigenvalue weighted by atomic mass is 16.4. The van der Waals surface area contributed by atoms with Gasteiger partial charge in [-0.3, -0.25) is 9.78 Å². The number of hydrogen-bond acceptors (Lipinski definition) is 5. The molecule has 0 fully saturated rings. The number of aliphatic carboxylic acids is 1. The third-order valence-corrected chi connectivity index (χ3v) is 2.58. The first kappa shape index (κ1) is 14.3. The van der Waals surface area contributed by atoms with Crippen molar-refractivity contribution in [3.63, 3.8) is 0 Å². The molecule has 2 N–H and O–H groups in total. The lowest BCUT2D eigenvalue weighted by atomic mass is 10.1. The fourth-order valence-electron chi connectivity index (χ4n) is 1.60. The normalized spacial score (nSPS) is 10.5. The molecule has 0 aliphatic heterocycles. The van der Waals surface area contributed by atoms with E-state index in [2.05, 4.69) is 20.3 Å². The maximum Gasteiger partial charge on any atom is 0.328 e. The second-order valence-electron chi connectivity index (χ2n) is 4.02. The third-order valence-electron chi connectivity index (χ3n) is 2.58. The van der Waals surface area contributed by atoms with Crippen molar-refractivity contribution in [1.82, 2.24) is 20.3 Å². The minimum atomic E-state index is -1.09. The lowest BCUT2D eigenvalue weighted by Crippen LogP contribution is -2.24. The molecule has 0 saturated carbocycles. The molecule has 0 aliphatic carbocycles. The number of carboxylic acids is 1. The molecule has 2 heterocycles. The van der Waals surface area contributed by atoms with Crippen LogP contribution in [0.1, 0.15) is 21.6 Å². The highest BCUT2D eigenvalue weighted by Gasteiger charge is 2.09. The summed E-state index contributed by atoms with van der Waals surface area (Å²) in [5.74, 6) is -1.42. The van der Waals surface area contributed by atoms with Crippen molar-refractivity contribution < 1.29 is 14.7 Å². The highest BCUT2D eigenvalue weighted by Crippen LogP contribution is 2.09. The van der Waals surface area contributed by atoms with Gasteiger partial charge in [-0.15, -0.1) is 0 Å². The zero-order valence-electron chi connectivity index (χ0n) is 10.9. The van der Waals surface area contributed by atoms with Gasteiger partial charge in [0.25, 0.3) is 5.91 Å². The average molecular weight is 284 g/mol. The van der Waals surface area contributed by atoms with Gasteiger partial charge in [-0.05, 0) is 18.2 Å². The molecule has 7 nitrogen and oxygen atoms in total. The molecule has 0 radical (unpaired) electrons. The van der Waals surface area contributed by atoms with Gasteiger partial charge in [0.05, 0.1) is 12.2 Å². The van der Waals surface area contributed by atoms with Crippen molar-refractivity contribution in [3.05, 3.63) is 59.9 Å². The molecule has 2 aromatic rings. The van der Waals surface area contributed by atoms with Crippen LogP contribution in [-0.4, -0.2) is 31.9 Å². The molecule has 2 rings (SSSR count). The maximum atomic E-state index is 12.1. The van der Waals surface area contributed by atoms with Crippen LogP contribution in [0.3, 0.4) is 0 Å². The summed E-state index contributed by atoms with van der Waals surface area (Å²) in [7, 11) is 0. The number of carboxylic acid groups (broad SMARTS) is 1. The van der Waals surface area contributed by atoms with Crippen LogP contribution in [0.15, 0.2) is 43.1 Å². The summed E-state index contributed by atoms with van der Waals surface area (Å²) in [5, 5.41) is 11.3. The maximum absolute atomic E-state index is 12.1. The molecule has 106 valence electrons. The van der Waals surface area contributed by atoms with E-state index in [-0.39, 0.29) is 12.5 Å². The van der Waals surface area contributed by atoms with E-state index in [1.807, 2.05) is 0 Å². The molecule has 0 atom stereocenters. The molecular weight excluding hydrogens is 272 g/mol. The topological polar surface area (TPSA) is 105 Å². The van der Waals surface area contributed by atoms with E-state index in [0.717, 1.165) is 6.08 Å². The number of hydrogen-bond donors (Lipinski definition) is 2. The highest BCUT2D eigenvalue weighted by molar-refractivity contribution is 5.98. The van der Waals surface area contributed by atoms with Gasteiger partial charge in [0, 0.05) is 35.8 Å². The Hall–Kier alpha value is -3.09. The van der Waals surface area contributed by atoms with Crippen LogP contribution in [0.5, 0.6) is 0 Å². The van der Waals surface area contributed by atoms with Crippen molar-refractivity contribution in [1.29, 1.82) is 0 Å². The van der Waals surface area contributed by atoms with E-state index in [0.29, 0.717) is 16.8 Å². The van der Waals surface area contributed by atoms with E-state index in [4.69, 9.17) is 5.11 Å². The SMILES string of the molecule is O=C(O)/C=C/c1cnccc1C(=O)NCc1ccncn1. The monoisotopic (exact) mass is 284 g/mol. The zero-order chi connectivity index (χ0) is 15.1. The van der Waals surface area contributed by atoms with Crippen LogP contribution >= 0.6 is 0 Å². The molecule has 21 heavy (non-hydrogen) atoms. The molecule has 0 aromatic carbocycles. The van der Waals surface area contributed by atoms with Gasteiger partial charge < -0.3 is 10.4 Å². The summed E-state index contributed by atoms with van der Waals surface area (Å²) >= 11 is 0. The molecule has 7 heteroatoms. The molecule has 1 amide bonds. The van der Waals surface area contributed by atoms with Gasteiger partial charge in [-0.25, -0.2) is 14.8 Å². The number of rotatable bonds is 5. The number of carbonyl (C=O) groups is 2. The number of aromatic nitrogens is 3. The van der Waals surface area contributed by atoms with E-state index in [1.54, 1.807) is 12.3 Å². The minimum absolute atomic E-state index is 0.256. The fourth-order valence-corrected chi connectivity index (χ4v) is 1.60. The molecule has 0 saturated heterocycles. The molecule has 0 aliphatic rings. The summed E-state index contributed by atoms with van der Waals surface area (Å²) in [6.07, 6.45) is 8.17. The van der Waals surface area contributed by atoms with Gasteiger partial charge in [0.2, 0.25) is 0 Å². The number of pyridine rings is 1. The average Bonchev–Trinajstić information content (AvgIpc) is 2.52. The Morgan fingerprint density at radius 1 is 1.24 bits per heavy atom. The van der Waals surface area contributed by atoms with Crippen LogP contribution in [0, 0.1) is 0 Å². The fraction of sp³-hybridized carbons (Fsp3) is 0.0714. The molecule has 0 unspecified atom stereocenters. The van der Waals surface area contributed by atoms with Crippen molar-refractivity contribution in [2.24, 2.45) is 0 Å². The van der Waals surface area contributed by atoms with E-state index < -0.39 is 5.97 Å². The minimum Gasteiger partial charge on any atom is -0.478 e. The van der Waals surface area contributed by atoms with Crippen LogP contribution in [0.25, 0.3) is 6.08 Å². The largest absolute Gasteiger partial charge is 0.478 e. The predicted molar refractivity (Wildman–Crippen MR) is 74.1 cm³/mol. The van der Waals surface area contributed by atoms with Crippen molar-refractivity contribution >= 4 is 18.0 Å². The number of amides is 1. The standard InChI is InChI=1S/C14H12N4O3/c19-13(20)2-1-10-7-15-6-4-12(10)14(21)17-8-11-3-5-16-9-18-11/h1-7,9H,8H2,(H,17,21)(H,19,20)/b2-1+. The number of nitrogens with one attached hydrogen (secondary N) is 1. The van der Waals surface area contributed by atoms with Gasteiger partial charge >= 0.3 is 5.97 Å². The zero-order valence-corrected chi connectivity index (χ0v) is 10.9. The van der Waals surface area contributed by atoms with Crippen LogP contribution in [0.2, 0.25) is 0 Å². The predicted octanol–water partition coefficient (Wildman–Crippen LogP) is 0.899. The summed E-state index contributed by atoms with van der Waals surface area (Å²) in [6.45, 7) is 0.256. The number of nitrogens with zero attached hydrogens (tertiary/aromatic N) is 3. The quantitative estimate of drug-likeness (QED) is 0.790. The van der Waals surface area contributed by atoms with E-state index in [1.165, 1.54) is 30.9 Å². The summed E-state index contributed by atoms with van der Waals surface area (Å²) in [6, 6.07) is 3.22. The first-order valence-corrected chi connectivity index (χ1v) is 6.05. The second-order valence-corrected chi connectivity index (χ2v) is 4.02. The summed E-state index contributed by atoms with van der Waals surface area (Å²) < 4.78 is 0. The third kappa shape index (κ3) is 4.20. The Morgan fingerprint density at radius 3 is 2.76 bits per heavy atom. The smallest absolute Gasteiger partial charge is 0.328 e.